The van der Waals surface area contributed by atoms with E-state index in [9.17, 15) is 14.2 Å². The van der Waals surface area contributed by atoms with Gasteiger partial charge in [-0.25, -0.2) is 9.97 Å². The van der Waals surface area contributed by atoms with Crippen LogP contribution in [0.2, 0.25) is 0 Å². The van der Waals surface area contributed by atoms with Gasteiger partial charge in [0, 0.05) is 18.1 Å². The van der Waals surface area contributed by atoms with Gasteiger partial charge in [0.2, 0.25) is 0 Å². The summed E-state index contributed by atoms with van der Waals surface area (Å²) in [6.45, 7) is 4.06. The van der Waals surface area contributed by atoms with Gasteiger partial charge in [-0.15, -0.1) is 0 Å². The van der Waals surface area contributed by atoms with Crippen molar-refractivity contribution in [2.24, 2.45) is 5.73 Å². The van der Waals surface area contributed by atoms with Crippen LogP contribution < -0.4 is 11.1 Å². The summed E-state index contributed by atoms with van der Waals surface area (Å²) in [7, 11) is -3.21. The second-order valence-corrected chi connectivity index (χ2v) is 7.43. The van der Waals surface area contributed by atoms with E-state index < -0.39 is 19.4 Å². The van der Waals surface area contributed by atoms with Gasteiger partial charge in [0.15, 0.2) is 11.4 Å². The zero-order valence-electron chi connectivity index (χ0n) is 15.0. The smallest absolute Gasteiger partial charge is 0.335 e. The maximum absolute atomic E-state index is 12.6. The Morgan fingerprint density at radius 1 is 1.04 bits per heavy atom. The number of aromatic nitrogens is 2. The molecule has 27 heavy (non-hydrogen) atoms. The maximum Gasteiger partial charge on any atom is 0.335 e. The van der Waals surface area contributed by atoms with Crippen LogP contribution in [0.4, 0.5) is 5.69 Å². The molecule has 0 unspecified atom stereocenters. The number of carbonyl (C=O) groups is 2. The predicted molar refractivity (Wildman–Crippen MR) is 99.5 cm³/mol. The first kappa shape index (κ1) is 20.7. The number of hydrogen-bond acceptors (Lipinski definition) is 7. The van der Waals surface area contributed by atoms with Crippen LogP contribution >= 0.6 is 7.60 Å². The van der Waals surface area contributed by atoms with Crippen molar-refractivity contribution in [3.63, 3.8) is 0 Å². The minimum Gasteiger partial charge on any atom is -0.364 e. The van der Waals surface area contributed by atoms with Gasteiger partial charge >= 0.3 is 7.60 Å². The Bertz CT molecular complexity index is 847. The van der Waals surface area contributed by atoms with E-state index in [1.807, 2.05) is 0 Å². The summed E-state index contributed by atoms with van der Waals surface area (Å²) in [5, 5.41) is 2.61. The molecule has 9 nitrogen and oxygen atoms in total. The lowest BCUT2D eigenvalue weighted by molar-refractivity contribution is 0.0969. The summed E-state index contributed by atoms with van der Waals surface area (Å²) in [6.07, 6.45) is 2.70. The third kappa shape index (κ3) is 5.68. The number of rotatable bonds is 9. The van der Waals surface area contributed by atoms with Crippen LogP contribution in [0.15, 0.2) is 36.7 Å². The minimum absolute atomic E-state index is 0.124. The Balaban J connectivity index is 2.11. The highest BCUT2D eigenvalue weighted by Crippen LogP contribution is 2.51. The Hall–Kier alpha value is -2.61. The number of nitrogens with two attached hydrogens (primary N) is 1. The molecule has 1 aromatic carbocycles. The quantitative estimate of drug-likeness (QED) is 0.627. The first-order chi connectivity index (χ1) is 12.9. The second kappa shape index (κ2) is 9.36. The summed E-state index contributed by atoms with van der Waals surface area (Å²) < 4.78 is 23.1. The van der Waals surface area contributed by atoms with E-state index in [0.29, 0.717) is 5.69 Å². The Kier molecular flexibility index (Phi) is 7.18. The van der Waals surface area contributed by atoms with E-state index in [-0.39, 0.29) is 30.8 Å². The largest absolute Gasteiger partial charge is 0.364 e. The van der Waals surface area contributed by atoms with Gasteiger partial charge in [-0.3, -0.25) is 14.2 Å². The van der Waals surface area contributed by atoms with E-state index in [2.05, 4.69) is 15.3 Å². The monoisotopic (exact) mass is 392 g/mol. The fourth-order valence-corrected chi connectivity index (χ4v) is 4.02. The number of benzene rings is 1. The van der Waals surface area contributed by atoms with E-state index >= 15 is 0 Å². The van der Waals surface area contributed by atoms with Crippen LogP contribution in [0.5, 0.6) is 0 Å². The third-order valence-electron chi connectivity index (χ3n) is 3.39. The van der Waals surface area contributed by atoms with Crippen molar-refractivity contribution in [3.05, 3.63) is 53.6 Å². The number of anilines is 1. The Labute approximate surface area is 156 Å². The van der Waals surface area contributed by atoms with E-state index in [4.69, 9.17) is 14.8 Å². The van der Waals surface area contributed by atoms with Gasteiger partial charge in [-0.05, 0) is 31.5 Å². The molecule has 0 aliphatic heterocycles. The Morgan fingerprint density at radius 2 is 1.59 bits per heavy atom. The molecule has 0 saturated heterocycles. The average molecular weight is 392 g/mol. The molecule has 10 heteroatoms. The lowest BCUT2D eigenvalue weighted by Crippen LogP contribution is -2.23. The number of nitrogens with zero attached hydrogens (tertiary/aromatic N) is 2. The fourth-order valence-electron chi connectivity index (χ4n) is 2.31. The van der Waals surface area contributed by atoms with Crippen LogP contribution in [-0.4, -0.2) is 35.0 Å². The van der Waals surface area contributed by atoms with Crippen LogP contribution in [0.25, 0.3) is 0 Å². The maximum atomic E-state index is 12.6. The number of carbonyl (C=O) groups excluding carboxylic acids is 2. The fraction of sp³-hybridized carbons (Fsp3) is 0.294. The highest BCUT2D eigenvalue weighted by atomic mass is 31.2. The number of primary amides is 1. The molecule has 0 atom stereocenters. The molecule has 0 aliphatic carbocycles. The summed E-state index contributed by atoms with van der Waals surface area (Å²) in [5.41, 5.74) is 6.03. The summed E-state index contributed by atoms with van der Waals surface area (Å²) in [4.78, 5) is 31.3. The molecular weight excluding hydrogens is 371 g/mol. The molecular formula is C17H21N4O5P. The summed E-state index contributed by atoms with van der Waals surface area (Å²) in [6, 6.07) is 6.67. The highest BCUT2D eigenvalue weighted by molar-refractivity contribution is 7.53. The zero-order chi connectivity index (χ0) is 19.9. The van der Waals surface area contributed by atoms with E-state index in [1.54, 1.807) is 38.1 Å². The molecule has 0 saturated carbocycles. The molecule has 2 aromatic rings. The minimum atomic E-state index is -3.21. The molecule has 0 aliphatic rings. The molecule has 0 spiro atoms. The third-order valence-corrected chi connectivity index (χ3v) is 5.44. The van der Waals surface area contributed by atoms with Crippen molar-refractivity contribution in [1.82, 2.24) is 9.97 Å². The van der Waals surface area contributed by atoms with Crippen LogP contribution in [0.3, 0.4) is 0 Å². The predicted octanol–water partition coefficient (Wildman–Crippen LogP) is 2.59. The summed E-state index contributed by atoms with van der Waals surface area (Å²) in [5.74, 6) is -1.45. The van der Waals surface area contributed by atoms with E-state index in [1.165, 1.54) is 12.4 Å². The molecule has 144 valence electrons. The average Bonchev–Trinajstić information content (AvgIpc) is 2.63. The van der Waals surface area contributed by atoms with Crippen molar-refractivity contribution in [1.29, 1.82) is 0 Å². The van der Waals surface area contributed by atoms with Gasteiger partial charge in [0.1, 0.15) is 0 Å². The van der Waals surface area contributed by atoms with Crippen LogP contribution in [0.1, 0.15) is 40.4 Å². The van der Waals surface area contributed by atoms with Crippen molar-refractivity contribution < 1.29 is 23.2 Å². The number of amides is 2. The van der Waals surface area contributed by atoms with Crippen molar-refractivity contribution >= 4 is 25.1 Å². The van der Waals surface area contributed by atoms with Crippen molar-refractivity contribution in [2.45, 2.75) is 20.0 Å². The van der Waals surface area contributed by atoms with Gasteiger partial charge in [-0.1, -0.05) is 12.1 Å². The summed E-state index contributed by atoms with van der Waals surface area (Å²) >= 11 is 0. The highest BCUT2D eigenvalue weighted by Gasteiger charge is 2.24. The standard InChI is InChI=1S/C17H21N4O5P/c1-3-25-27(24,26-4-2)11-12-5-7-13(8-6-12)21-17(23)15-14(16(18)22)19-9-10-20-15/h5-10H,3-4,11H2,1-2H3,(H2,18,22)(H,21,23). The molecule has 1 aromatic heterocycles. The SMILES string of the molecule is CCOP(=O)(Cc1ccc(NC(=O)c2nccnc2C(N)=O)cc1)OCC. The van der Waals surface area contributed by atoms with Crippen LogP contribution in [-0.2, 0) is 19.8 Å². The lowest BCUT2D eigenvalue weighted by Gasteiger charge is -2.17. The normalized spacial score (nSPS) is 11.2. The molecule has 0 bridgehead atoms. The zero-order valence-corrected chi connectivity index (χ0v) is 15.9. The van der Waals surface area contributed by atoms with Gasteiger partial charge in [-0.2, -0.15) is 0 Å². The van der Waals surface area contributed by atoms with Crippen molar-refractivity contribution in [2.75, 3.05) is 18.5 Å². The first-order valence-electron chi connectivity index (χ1n) is 8.27. The lowest BCUT2D eigenvalue weighted by atomic mass is 10.2. The molecule has 2 rings (SSSR count). The molecule has 1 heterocycles. The number of nitrogens with one attached hydrogen (secondary N) is 1. The number of hydrogen-bond donors (Lipinski definition) is 2. The first-order valence-corrected chi connectivity index (χ1v) is 10.0. The van der Waals surface area contributed by atoms with Gasteiger partial charge in [0.05, 0.1) is 19.4 Å². The molecule has 0 radical (unpaired) electrons. The van der Waals surface area contributed by atoms with Crippen LogP contribution in [0, 0.1) is 0 Å². The molecule has 0 fully saturated rings. The topological polar surface area (TPSA) is 133 Å². The van der Waals surface area contributed by atoms with Crippen molar-refractivity contribution in [3.8, 4) is 0 Å². The van der Waals surface area contributed by atoms with Gasteiger partial charge < -0.3 is 20.1 Å². The molecule has 3 N–H and O–H groups in total. The molecule has 2 amide bonds. The Morgan fingerprint density at radius 3 is 2.11 bits per heavy atom. The second-order valence-electron chi connectivity index (χ2n) is 5.37. The van der Waals surface area contributed by atoms with Gasteiger partial charge in [0.25, 0.3) is 11.8 Å². The van der Waals surface area contributed by atoms with E-state index in [0.717, 1.165) is 5.56 Å².